The van der Waals surface area contributed by atoms with Crippen LogP contribution < -0.4 is 16.1 Å². The Balaban J connectivity index is 2.87. The second-order valence-corrected chi connectivity index (χ2v) is 2.89. The van der Waals surface area contributed by atoms with Crippen LogP contribution in [0.15, 0.2) is 33.5 Å². The molecule has 2 rings (SSSR count). The van der Waals surface area contributed by atoms with E-state index >= 15 is 0 Å². The van der Waals surface area contributed by atoms with Gasteiger partial charge in [-0.25, -0.2) is 4.79 Å². The van der Waals surface area contributed by atoms with Crippen LogP contribution in [0.25, 0.3) is 11.0 Å². The Hall–Kier alpha value is -1.97. The number of anilines is 1. The van der Waals surface area contributed by atoms with Gasteiger partial charge in [-0.3, -0.25) is 0 Å². The van der Waals surface area contributed by atoms with Crippen molar-refractivity contribution in [1.29, 1.82) is 0 Å². The summed E-state index contributed by atoms with van der Waals surface area (Å²) in [6, 6.07) is 6.38. The van der Waals surface area contributed by atoms with Crippen LogP contribution in [0.1, 0.15) is 0 Å². The zero-order chi connectivity index (χ0) is 10.1. The number of nitrogen functional groups attached to an aromatic ring is 1. The molecule has 2 aromatic rings. The molecule has 1 heterocycles. The number of ether oxygens (including phenoxy) is 1. The lowest BCUT2D eigenvalue weighted by Crippen LogP contribution is -1.99. The highest BCUT2D eigenvalue weighted by atomic mass is 16.5. The number of hydrogen-bond donors (Lipinski definition) is 1. The maximum absolute atomic E-state index is 11.1. The maximum atomic E-state index is 11.1. The molecule has 2 N–H and O–H groups in total. The highest BCUT2D eigenvalue weighted by molar-refractivity contribution is 5.85. The Morgan fingerprint density at radius 3 is 2.86 bits per heavy atom. The predicted octanol–water partition coefficient (Wildman–Crippen LogP) is 1.38. The zero-order valence-electron chi connectivity index (χ0n) is 7.61. The average Bonchev–Trinajstić information content (AvgIpc) is 2.15. The lowest BCUT2D eigenvalue weighted by Gasteiger charge is -2.03. The molecule has 0 aliphatic rings. The minimum Gasteiger partial charge on any atom is -0.496 e. The Morgan fingerprint density at radius 2 is 2.14 bits per heavy atom. The zero-order valence-corrected chi connectivity index (χ0v) is 7.61. The van der Waals surface area contributed by atoms with Crippen molar-refractivity contribution in [3.05, 3.63) is 34.7 Å². The van der Waals surface area contributed by atoms with Crippen molar-refractivity contribution in [1.82, 2.24) is 0 Å². The van der Waals surface area contributed by atoms with Crippen molar-refractivity contribution in [2.75, 3.05) is 12.8 Å². The summed E-state index contributed by atoms with van der Waals surface area (Å²) in [5.41, 5.74) is 6.11. The third kappa shape index (κ3) is 1.31. The van der Waals surface area contributed by atoms with Crippen LogP contribution in [0.5, 0.6) is 5.75 Å². The third-order valence-corrected chi connectivity index (χ3v) is 1.95. The van der Waals surface area contributed by atoms with Gasteiger partial charge in [0, 0.05) is 11.8 Å². The van der Waals surface area contributed by atoms with Crippen molar-refractivity contribution in [2.45, 2.75) is 0 Å². The van der Waals surface area contributed by atoms with Crippen molar-refractivity contribution in [3.63, 3.8) is 0 Å². The van der Waals surface area contributed by atoms with E-state index in [1.54, 1.807) is 18.2 Å². The van der Waals surface area contributed by atoms with Crippen LogP contribution >= 0.6 is 0 Å². The molecule has 0 aliphatic carbocycles. The van der Waals surface area contributed by atoms with E-state index in [-0.39, 0.29) is 0 Å². The number of nitrogens with two attached hydrogens (primary N) is 1. The van der Waals surface area contributed by atoms with Crippen LogP contribution in [-0.4, -0.2) is 7.11 Å². The fraction of sp³-hybridized carbons (Fsp3) is 0.100. The van der Waals surface area contributed by atoms with Crippen molar-refractivity contribution < 1.29 is 9.15 Å². The summed E-state index contributed by atoms with van der Waals surface area (Å²) >= 11 is 0. The Kier molecular flexibility index (Phi) is 1.89. The number of methoxy groups -OCH3 is 1. The molecule has 0 unspecified atom stereocenters. The van der Waals surface area contributed by atoms with E-state index in [4.69, 9.17) is 14.9 Å². The van der Waals surface area contributed by atoms with Crippen molar-refractivity contribution >= 4 is 16.7 Å². The summed E-state index contributed by atoms with van der Waals surface area (Å²) in [5.74, 6) is 0.497. The topological polar surface area (TPSA) is 65.5 Å². The van der Waals surface area contributed by atoms with Gasteiger partial charge in [-0.2, -0.15) is 0 Å². The van der Waals surface area contributed by atoms with Crippen LogP contribution in [0.4, 0.5) is 5.69 Å². The minimum atomic E-state index is -0.444. The number of fused-ring (bicyclic) bond motifs is 1. The van der Waals surface area contributed by atoms with Gasteiger partial charge in [-0.15, -0.1) is 0 Å². The fourth-order valence-electron chi connectivity index (χ4n) is 1.32. The van der Waals surface area contributed by atoms with Gasteiger partial charge < -0.3 is 14.9 Å². The lowest BCUT2D eigenvalue weighted by molar-refractivity contribution is 0.413. The second-order valence-electron chi connectivity index (χ2n) is 2.89. The first-order valence-corrected chi connectivity index (χ1v) is 4.08. The largest absolute Gasteiger partial charge is 0.496 e. The smallest absolute Gasteiger partial charge is 0.339 e. The van der Waals surface area contributed by atoms with Crippen molar-refractivity contribution in [3.8, 4) is 5.75 Å². The molecule has 1 aromatic carbocycles. The van der Waals surface area contributed by atoms with Crippen LogP contribution in [0.2, 0.25) is 0 Å². The maximum Gasteiger partial charge on any atom is 0.339 e. The summed E-state index contributed by atoms with van der Waals surface area (Å²) in [4.78, 5) is 11.1. The molecule has 0 atom stereocenters. The van der Waals surface area contributed by atoms with E-state index in [0.29, 0.717) is 17.0 Å². The predicted molar refractivity (Wildman–Crippen MR) is 53.4 cm³/mol. The standard InChI is InChI=1S/C10H9NO3/c1-13-8-5-10(12)14-9-4-6(11)2-3-7(8)9/h2-5H,11H2,1H3. The summed E-state index contributed by atoms with van der Waals surface area (Å²) in [6.07, 6.45) is 0. The van der Waals surface area contributed by atoms with E-state index in [9.17, 15) is 4.79 Å². The molecule has 0 saturated carbocycles. The summed E-state index contributed by atoms with van der Waals surface area (Å²) < 4.78 is 10.0. The SMILES string of the molecule is COc1cc(=O)oc2cc(N)ccc12. The van der Waals surface area contributed by atoms with Gasteiger partial charge in [0.15, 0.2) is 0 Å². The molecule has 0 radical (unpaired) electrons. The molecule has 0 fully saturated rings. The fourth-order valence-corrected chi connectivity index (χ4v) is 1.32. The molecular formula is C10H9NO3. The summed E-state index contributed by atoms with van der Waals surface area (Å²) in [6.45, 7) is 0. The van der Waals surface area contributed by atoms with E-state index < -0.39 is 5.63 Å². The van der Waals surface area contributed by atoms with Crippen LogP contribution in [0, 0.1) is 0 Å². The number of hydrogen-bond acceptors (Lipinski definition) is 4. The third-order valence-electron chi connectivity index (χ3n) is 1.95. The Morgan fingerprint density at radius 1 is 1.36 bits per heavy atom. The highest BCUT2D eigenvalue weighted by Gasteiger charge is 2.05. The molecule has 1 aromatic heterocycles. The first kappa shape index (κ1) is 8.62. The summed E-state index contributed by atoms with van der Waals surface area (Å²) in [7, 11) is 1.50. The Labute approximate surface area is 79.9 Å². The monoisotopic (exact) mass is 191 g/mol. The molecule has 4 heteroatoms. The van der Waals surface area contributed by atoms with Crippen molar-refractivity contribution in [2.24, 2.45) is 0 Å². The normalized spacial score (nSPS) is 10.4. The van der Waals surface area contributed by atoms with E-state index in [2.05, 4.69) is 0 Å². The number of benzene rings is 1. The minimum absolute atomic E-state index is 0.439. The highest BCUT2D eigenvalue weighted by Crippen LogP contribution is 2.24. The van der Waals surface area contributed by atoms with Gasteiger partial charge in [0.2, 0.25) is 0 Å². The van der Waals surface area contributed by atoms with Gasteiger partial charge >= 0.3 is 5.63 Å². The number of rotatable bonds is 1. The van der Waals surface area contributed by atoms with E-state index in [0.717, 1.165) is 5.39 Å². The molecule has 72 valence electrons. The van der Waals surface area contributed by atoms with E-state index in [1.165, 1.54) is 13.2 Å². The van der Waals surface area contributed by atoms with Gasteiger partial charge in [0.05, 0.1) is 18.6 Å². The van der Waals surface area contributed by atoms with Gasteiger partial charge in [0.1, 0.15) is 11.3 Å². The molecule has 0 bridgehead atoms. The Bertz CT molecular complexity index is 530. The van der Waals surface area contributed by atoms with Crippen LogP contribution in [-0.2, 0) is 0 Å². The molecule has 0 amide bonds. The molecule has 4 nitrogen and oxygen atoms in total. The van der Waals surface area contributed by atoms with Gasteiger partial charge in [-0.05, 0) is 12.1 Å². The average molecular weight is 191 g/mol. The quantitative estimate of drug-likeness (QED) is 0.546. The lowest BCUT2D eigenvalue weighted by atomic mass is 10.2. The molecule has 0 spiro atoms. The summed E-state index contributed by atoms with van der Waals surface area (Å²) in [5, 5.41) is 0.737. The first-order chi connectivity index (χ1) is 6.70. The van der Waals surface area contributed by atoms with Gasteiger partial charge in [0.25, 0.3) is 0 Å². The van der Waals surface area contributed by atoms with E-state index in [1.807, 2.05) is 0 Å². The molecule has 0 aliphatic heterocycles. The molecule has 0 saturated heterocycles. The second kappa shape index (κ2) is 3.06. The van der Waals surface area contributed by atoms with Gasteiger partial charge in [-0.1, -0.05) is 0 Å². The molecule has 14 heavy (non-hydrogen) atoms. The molecular weight excluding hydrogens is 182 g/mol. The van der Waals surface area contributed by atoms with Crippen LogP contribution in [0.3, 0.4) is 0 Å². The first-order valence-electron chi connectivity index (χ1n) is 4.08.